The molecule has 0 spiro atoms. The summed E-state index contributed by atoms with van der Waals surface area (Å²) in [6, 6.07) is 38.3. The fourth-order valence-corrected chi connectivity index (χ4v) is 6.36. The van der Waals surface area contributed by atoms with Gasteiger partial charge in [0.2, 0.25) is 5.89 Å². The summed E-state index contributed by atoms with van der Waals surface area (Å²) in [5, 5.41) is 4.86. The van der Waals surface area contributed by atoms with Crippen molar-refractivity contribution in [2.75, 3.05) is 0 Å². The number of fused-ring (bicyclic) bond motifs is 8. The van der Waals surface area contributed by atoms with Gasteiger partial charge < -0.3 is 8.98 Å². The van der Waals surface area contributed by atoms with Crippen LogP contribution in [0.2, 0.25) is 0 Å². The van der Waals surface area contributed by atoms with Gasteiger partial charge in [-0.2, -0.15) is 0 Å². The predicted molar refractivity (Wildman–Crippen MR) is 147 cm³/mol. The molecule has 8 aromatic rings. The van der Waals surface area contributed by atoms with E-state index in [1.54, 1.807) is 0 Å². The van der Waals surface area contributed by atoms with Gasteiger partial charge in [-0.1, -0.05) is 54.6 Å². The maximum absolute atomic E-state index is 6.42. The molecule has 0 fully saturated rings. The molecule has 0 amide bonds. The summed E-state index contributed by atoms with van der Waals surface area (Å²) < 4.78 is 11.4. The van der Waals surface area contributed by atoms with Crippen molar-refractivity contribution in [2.24, 2.45) is 0 Å². The lowest BCUT2D eigenvalue weighted by atomic mass is 10.1. The van der Waals surface area contributed by atoms with Gasteiger partial charge in [0.15, 0.2) is 5.58 Å². The number of benzene rings is 5. The SMILES string of the molecule is c1ccc(-c2nc3ccc4c(c5ccccc5n4-c4ccc5sc6ccccc6c5c4)c3o2)cc1. The number of hydrogen-bond acceptors (Lipinski definition) is 3. The summed E-state index contributed by atoms with van der Waals surface area (Å²) in [6.07, 6.45) is 0. The summed E-state index contributed by atoms with van der Waals surface area (Å²) in [4.78, 5) is 4.82. The molecule has 0 aliphatic rings. The van der Waals surface area contributed by atoms with Gasteiger partial charge in [-0.25, -0.2) is 4.98 Å². The molecule has 0 unspecified atom stereocenters. The average Bonchev–Trinajstić information content (AvgIpc) is 3.60. The smallest absolute Gasteiger partial charge is 0.227 e. The molecule has 0 aliphatic carbocycles. The van der Waals surface area contributed by atoms with Crippen LogP contribution in [0.15, 0.2) is 114 Å². The van der Waals surface area contributed by atoms with Crippen LogP contribution in [0.4, 0.5) is 0 Å². The minimum absolute atomic E-state index is 0.649. The average molecular weight is 467 g/mol. The van der Waals surface area contributed by atoms with Crippen molar-refractivity contribution in [3.8, 4) is 17.1 Å². The first-order valence-corrected chi connectivity index (χ1v) is 12.5. The zero-order chi connectivity index (χ0) is 22.9. The van der Waals surface area contributed by atoms with E-state index in [2.05, 4.69) is 83.4 Å². The Labute approximate surface area is 204 Å². The molecule has 35 heavy (non-hydrogen) atoms. The van der Waals surface area contributed by atoms with Crippen molar-refractivity contribution in [1.29, 1.82) is 0 Å². The van der Waals surface area contributed by atoms with Crippen LogP contribution in [0.5, 0.6) is 0 Å². The second-order valence-corrected chi connectivity index (χ2v) is 9.91. The molecular weight excluding hydrogens is 448 g/mol. The number of para-hydroxylation sites is 1. The zero-order valence-corrected chi connectivity index (χ0v) is 19.4. The Hall–Kier alpha value is -4.41. The molecule has 0 N–H and O–H groups in total. The largest absolute Gasteiger partial charge is 0.435 e. The van der Waals surface area contributed by atoms with Gasteiger partial charge in [0.05, 0.1) is 16.4 Å². The van der Waals surface area contributed by atoms with Crippen molar-refractivity contribution in [3.63, 3.8) is 0 Å². The van der Waals surface area contributed by atoms with Gasteiger partial charge in [0.25, 0.3) is 0 Å². The van der Waals surface area contributed by atoms with Crippen LogP contribution in [0, 0.1) is 0 Å². The molecule has 0 atom stereocenters. The summed E-state index contributed by atoms with van der Waals surface area (Å²) in [7, 11) is 0. The van der Waals surface area contributed by atoms with E-state index in [-0.39, 0.29) is 0 Å². The highest BCUT2D eigenvalue weighted by Gasteiger charge is 2.19. The van der Waals surface area contributed by atoms with Crippen molar-refractivity contribution < 1.29 is 4.42 Å². The third-order valence-corrected chi connectivity index (χ3v) is 7.98. The fraction of sp³-hybridized carbons (Fsp3) is 0. The van der Waals surface area contributed by atoms with E-state index >= 15 is 0 Å². The summed E-state index contributed by atoms with van der Waals surface area (Å²) in [6.45, 7) is 0. The Morgan fingerprint density at radius 2 is 1.40 bits per heavy atom. The number of thiophene rings is 1. The van der Waals surface area contributed by atoms with Crippen molar-refractivity contribution in [2.45, 2.75) is 0 Å². The van der Waals surface area contributed by atoms with E-state index in [0.29, 0.717) is 5.89 Å². The van der Waals surface area contributed by atoms with Gasteiger partial charge >= 0.3 is 0 Å². The molecule has 3 heterocycles. The molecule has 0 aliphatic heterocycles. The van der Waals surface area contributed by atoms with E-state index < -0.39 is 0 Å². The molecular formula is C31H18N2OS. The molecule has 5 aromatic carbocycles. The zero-order valence-electron chi connectivity index (χ0n) is 18.6. The van der Waals surface area contributed by atoms with Gasteiger partial charge in [-0.15, -0.1) is 11.3 Å². The minimum Gasteiger partial charge on any atom is -0.435 e. The monoisotopic (exact) mass is 466 g/mol. The summed E-state index contributed by atoms with van der Waals surface area (Å²) in [5.41, 5.74) is 6.11. The van der Waals surface area contributed by atoms with Crippen LogP contribution in [-0.2, 0) is 0 Å². The quantitative estimate of drug-likeness (QED) is 0.255. The highest BCUT2D eigenvalue weighted by Crippen LogP contribution is 2.40. The third-order valence-electron chi connectivity index (χ3n) is 6.83. The van der Waals surface area contributed by atoms with Gasteiger partial charge in [-0.3, -0.25) is 0 Å². The molecule has 4 heteroatoms. The van der Waals surface area contributed by atoms with Gasteiger partial charge in [-0.05, 0) is 54.6 Å². The lowest BCUT2D eigenvalue weighted by Crippen LogP contribution is -1.93. The highest BCUT2D eigenvalue weighted by molar-refractivity contribution is 7.25. The Balaban J connectivity index is 1.46. The number of oxazole rings is 1. The van der Waals surface area contributed by atoms with Crippen LogP contribution < -0.4 is 0 Å². The third kappa shape index (κ3) is 2.69. The minimum atomic E-state index is 0.649. The normalized spacial score (nSPS) is 12.0. The maximum Gasteiger partial charge on any atom is 0.227 e. The maximum atomic E-state index is 6.42. The van der Waals surface area contributed by atoms with Crippen LogP contribution in [0.1, 0.15) is 0 Å². The number of nitrogens with zero attached hydrogens (tertiary/aromatic N) is 2. The van der Waals surface area contributed by atoms with Crippen LogP contribution >= 0.6 is 11.3 Å². The molecule has 0 radical (unpaired) electrons. The Morgan fingerprint density at radius 3 is 2.31 bits per heavy atom. The first-order valence-electron chi connectivity index (χ1n) is 11.6. The first kappa shape index (κ1) is 19.0. The van der Waals surface area contributed by atoms with Crippen LogP contribution in [-0.4, -0.2) is 9.55 Å². The lowest BCUT2D eigenvalue weighted by Gasteiger charge is -2.08. The molecule has 8 rings (SSSR count). The van der Waals surface area contributed by atoms with Crippen molar-refractivity contribution in [3.05, 3.63) is 109 Å². The summed E-state index contributed by atoms with van der Waals surface area (Å²) >= 11 is 1.84. The van der Waals surface area contributed by atoms with Gasteiger partial charge in [0, 0.05) is 36.8 Å². The van der Waals surface area contributed by atoms with E-state index in [4.69, 9.17) is 9.40 Å². The molecule has 164 valence electrons. The predicted octanol–water partition coefficient (Wildman–Crippen LogP) is 8.96. The van der Waals surface area contributed by atoms with Crippen molar-refractivity contribution >= 4 is 64.4 Å². The van der Waals surface area contributed by atoms with Crippen LogP contribution in [0.25, 0.3) is 70.2 Å². The number of aromatic nitrogens is 2. The molecule has 3 nitrogen and oxygen atoms in total. The Bertz CT molecular complexity index is 2060. The highest BCUT2D eigenvalue weighted by atomic mass is 32.1. The summed E-state index contributed by atoms with van der Waals surface area (Å²) in [5.74, 6) is 0.649. The molecule has 0 saturated heterocycles. The van der Waals surface area contributed by atoms with Crippen LogP contribution in [0.3, 0.4) is 0 Å². The number of rotatable bonds is 2. The lowest BCUT2D eigenvalue weighted by molar-refractivity contribution is 0.623. The fourth-order valence-electron chi connectivity index (χ4n) is 5.27. The topological polar surface area (TPSA) is 31.0 Å². The molecule has 3 aromatic heterocycles. The number of hydrogen-bond donors (Lipinski definition) is 0. The van der Waals surface area contributed by atoms with E-state index in [9.17, 15) is 0 Å². The molecule has 0 saturated carbocycles. The first-order chi connectivity index (χ1) is 17.3. The standard InChI is InChI=1S/C31H18N2OS/c1-2-8-19(9-3-1)31-32-24-15-16-26-29(30(24)34-31)22-11-4-6-12-25(22)33(26)20-14-17-28-23(18-20)21-10-5-7-13-27(21)35-28/h1-18H. The van der Waals surface area contributed by atoms with Crippen molar-refractivity contribution in [1.82, 2.24) is 9.55 Å². The molecule has 0 bridgehead atoms. The van der Waals surface area contributed by atoms with E-state index in [0.717, 1.165) is 38.8 Å². The van der Waals surface area contributed by atoms with E-state index in [1.807, 2.05) is 41.7 Å². The Morgan fingerprint density at radius 1 is 0.629 bits per heavy atom. The second-order valence-electron chi connectivity index (χ2n) is 8.82. The second kappa shape index (κ2) is 7.05. The Kier molecular flexibility index (Phi) is 3.82. The van der Waals surface area contributed by atoms with E-state index in [1.165, 1.54) is 25.6 Å². The van der Waals surface area contributed by atoms with Gasteiger partial charge in [0.1, 0.15) is 5.52 Å².